The molecule has 0 aliphatic heterocycles. The van der Waals surface area contributed by atoms with Gasteiger partial charge in [-0.25, -0.2) is 0 Å². The Labute approximate surface area is 100 Å². The first-order chi connectivity index (χ1) is 7.70. The molecule has 0 aliphatic rings. The molecule has 1 aromatic carbocycles. The highest BCUT2D eigenvalue weighted by Gasteiger charge is 2.13. The zero-order valence-corrected chi connectivity index (χ0v) is 9.73. The van der Waals surface area contributed by atoms with Gasteiger partial charge in [-0.15, -0.1) is 0 Å². The normalized spacial score (nSPS) is 10.1. The summed E-state index contributed by atoms with van der Waals surface area (Å²) in [7, 11) is 0. The Bertz CT molecular complexity index is 543. The topological polar surface area (TPSA) is 47.3 Å². The number of hydrogen-bond acceptors (Lipinski definition) is 3. The molecular formula is C12H7BrO3. The van der Waals surface area contributed by atoms with E-state index in [1.807, 2.05) is 6.07 Å². The van der Waals surface area contributed by atoms with E-state index in [4.69, 9.17) is 4.42 Å². The average molecular weight is 279 g/mol. The summed E-state index contributed by atoms with van der Waals surface area (Å²) >= 11 is 3.28. The Balaban J connectivity index is 2.35. The van der Waals surface area contributed by atoms with Crippen LogP contribution in [0.4, 0.5) is 0 Å². The molecule has 0 saturated carbocycles. The van der Waals surface area contributed by atoms with Crippen molar-refractivity contribution in [1.29, 1.82) is 0 Å². The highest BCUT2D eigenvalue weighted by molar-refractivity contribution is 9.10. The lowest BCUT2D eigenvalue weighted by molar-refractivity contribution is 0.100. The number of carbonyl (C=O) groups excluding carboxylic acids is 2. The highest BCUT2D eigenvalue weighted by Crippen LogP contribution is 2.16. The first kappa shape index (κ1) is 10.8. The van der Waals surface area contributed by atoms with Crippen LogP contribution in [0.15, 0.2) is 45.3 Å². The van der Waals surface area contributed by atoms with Crippen molar-refractivity contribution < 1.29 is 14.0 Å². The fourth-order valence-corrected chi connectivity index (χ4v) is 1.71. The van der Waals surface area contributed by atoms with Gasteiger partial charge in [0.15, 0.2) is 17.8 Å². The van der Waals surface area contributed by atoms with Crippen LogP contribution in [0.1, 0.15) is 26.7 Å². The summed E-state index contributed by atoms with van der Waals surface area (Å²) in [4.78, 5) is 22.3. The lowest BCUT2D eigenvalue weighted by Gasteiger charge is -1.97. The van der Waals surface area contributed by atoms with Gasteiger partial charge in [-0.2, -0.15) is 0 Å². The zero-order chi connectivity index (χ0) is 11.5. The van der Waals surface area contributed by atoms with Gasteiger partial charge in [0, 0.05) is 10.0 Å². The second-order valence-corrected chi connectivity index (χ2v) is 4.08. The van der Waals surface area contributed by atoms with E-state index in [2.05, 4.69) is 15.9 Å². The molecular weight excluding hydrogens is 272 g/mol. The Kier molecular flexibility index (Phi) is 3.01. The summed E-state index contributed by atoms with van der Waals surface area (Å²) in [5, 5.41) is 0. The van der Waals surface area contributed by atoms with Crippen molar-refractivity contribution in [2.45, 2.75) is 0 Å². The second-order valence-electron chi connectivity index (χ2n) is 3.16. The Morgan fingerprint density at radius 3 is 2.69 bits per heavy atom. The minimum Gasteiger partial charge on any atom is -0.450 e. The summed E-state index contributed by atoms with van der Waals surface area (Å²) in [5.74, 6) is 0.0768. The summed E-state index contributed by atoms with van der Waals surface area (Å²) in [5.41, 5.74) is 0.515. The van der Waals surface area contributed by atoms with Crippen molar-refractivity contribution in [3.63, 3.8) is 0 Å². The molecule has 0 N–H and O–H groups in total. The zero-order valence-electron chi connectivity index (χ0n) is 8.14. The van der Waals surface area contributed by atoms with Crippen LogP contribution in [0.25, 0.3) is 0 Å². The van der Waals surface area contributed by atoms with Crippen molar-refractivity contribution in [3.05, 3.63) is 58.0 Å². The van der Waals surface area contributed by atoms with Gasteiger partial charge in [-0.05, 0) is 24.3 Å². The van der Waals surface area contributed by atoms with Gasteiger partial charge >= 0.3 is 0 Å². The monoisotopic (exact) mass is 278 g/mol. The molecule has 0 saturated heterocycles. The third-order valence-corrected chi connectivity index (χ3v) is 2.55. The number of carbonyl (C=O) groups is 2. The van der Waals surface area contributed by atoms with E-state index in [0.717, 1.165) is 4.47 Å². The Morgan fingerprint density at radius 2 is 2.06 bits per heavy atom. The number of benzene rings is 1. The summed E-state index contributed by atoms with van der Waals surface area (Å²) in [6, 6.07) is 9.95. The molecule has 0 unspecified atom stereocenters. The maximum absolute atomic E-state index is 11.9. The van der Waals surface area contributed by atoms with E-state index < -0.39 is 0 Å². The number of ketones is 1. The summed E-state index contributed by atoms with van der Waals surface area (Å²) in [6.07, 6.45) is 0.567. The fraction of sp³-hybridized carbons (Fsp3) is 0. The third kappa shape index (κ3) is 2.12. The van der Waals surface area contributed by atoms with Crippen LogP contribution >= 0.6 is 15.9 Å². The molecule has 0 radical (unpaired) electrons. The highest BCUT2D eigenvalue weighted by atomic mass is 79.9. The van der Waals surface area contributed by atoms with Gasteiger partial charge in [-0.3, -0.25) is 9.59 Å². The molecule has 1 heterocycles. The third-order valence-electron chi connectivity index (χ3n) is 2.05. The van der Waals surface area contributed by atoms with E-state index in [0.29, 0.717) is 11.8 Å². The number of furan rings is 1. The van der Waals surface area contributed by atoms with Crippen LogP contribution in [0, 0.1) is 0 Å². The van der Waals surface area contributed by atoms with E-state index in [1.165, 1.54) is 12.1 Å². The molecule has 1 aromatic heterocycles. The lowest BCUT2D eigenvalue weighted by Crippen LogP contribution is -1.99. The molecule has 4 heteroatoms. The van der Waals surface area contributed by atoms with Crippen LogP contribution in [0.3, 0.4) is 0 Å². The maximum atomic E-state index is 11.9. The lowest BCUT2D eigenvalue weighted by atomic mass is 10.1. The van der Waals surface area contributed by atoms with Crippen molar-refractivity contribution in [1.82, 2.24) is 0 Å². The number of hydrogen-bond donors (Lipinski definition) is 0. The Hall–Kier alpha value is -1.68. The van der Waals surface area contributed by atoms with Crippen LogP contribution in [0.2, 0.25) is 0 Å². The van der Waals surface area contributed by atoms with E-state index in [1.54, 1.807) is 18.2 Å². The van der Waals surface area contributed by atoms with E-state index in [9.17, 15) is 9.59 Å². The van der Waals surface area contributed by atoms with E-state index >= 15 is 0 Å². The molecule has 0 spiro atoms. The molecule has 0 bridgehead atoms. The van der Waals surface area contributed by atoms with Gasteiger partial charge in [0.2, 0.25) is 5.78 Å². The molecule has 80 valence electrons. The molecule has 0 atom stereocenters. The van der Waals surface area contributed by atoms with Crippen molar-refractivity contribution in [2.75, 3.05) is 0 Å². The Morgan fingerprint density at radius 1 is 1.25 bits per heavy atom. The maximum Gasteiger partial charge on any atom is 0.228 e. The van der Waals surface area contributed by atoms with Crippen molar-refractivity contribution in [2.24, 2.45) is 0 Å². The number of halogens is 1. The predicted molar refractivity (Wildman–Crippen MR) is 61.7 cm³/mol. The van der Waals surface area contributed by atoms with Crippen LogP contribution in [0.5, 0.6) is 0 Å². The van der Waals surface area contributed by atoms with Crippen LogP contribution in [-0.4, -0.2) is 12.1 Å². The predicted octanol–water partition coefficient (Wildman–Crippen LogP) is 3.09. The smallest absolute Gasteiger partial charge is 0.228 e. The second kappa shape index (κ2) is 4.45. The van der Waals surface area contributed by atoms with Crippen molar-refractivity contribution >= 4 is 28.0 Å². The van der Waals surface area contributed by atoms with Gasteiger partial charge in [0.25, 0.3) is 0 Å². The minimum atomic E-state index is -0.241. The van der Waals surface area contributed by atoms with Gasteiger partial charge < -0.3 is 4.42 Å². The van der Waals surface area contributed by atoms with Crippen LogP contribution < -0.4 is 0 Å². The van der Waals surface area contributed by atoms with Gasteiger partial charge in [0.1, 0.15) is 0 Å². The van der Waals surface area contributed by atoms with E-state index in [-0.39, 0.29) is 17.3 Å². The minimum absolute atomic E-state index is 0.151. The summed E-state index contributed by atoms with van der Waals surface area (Å²) in [6.45, 7) is 0. The largest absolute Gasteiger partial charge is 0.450 e. The van der Waals surface area contributed by atoms with Gasteiger partial charge in [-0.1, -0.05) is 28.1 Å². The first-order valence-corrected chi connectivity index (χ1v) is 5.35. The van der Waals surface area contributed by atoms with Crippen LogP contribution in [-0.2, 0) is 0 Å². The molecule has 2 rings (SSSR count). The molecule has 16 heavy (non-hydrogen) atoms. The quantitative estimate of drug-likeness (QED) is 0.640. The average Bonchev–Trinajstić information content (AvgIpc) is 2.76. The van der Waals surface area contributed by atoms with Gasteiger partial charge in [0.05, 0.1) is 0 Å². The standard InChI is InChI=1S/C12H7BrO3/c13-9-3-1-2-8(6-9)12(15)11-5-4-10(7-14)16-11/h1-7H. The molecule has 0 aliphatic carbocycles. The SMILES string of the molecule is O=Cc1ccc(C(=O)c2cccc(Br)c2)o1. The molecule has 0 fully saturated rings. The fourth-order valence-electron chi connectivity index (χ4n) is 1.31. The van der Waals surface area contributed by atoms with Crippen molar-refractivity contribution in [3.8, 4) is 0 Å². The summed E-state index contributed by atoms with van der Waals surface area (Å²) < 4.78 is 5.88. The first-order valence-electron chi connectivity index (χ1n) is 4.56. The molecule has 0 amide bonds. The number of aldehydes is 1. The molecule has 3 nitrogen and oxygen atoms in total. The number of rotatable bonds is 3. The molecule has 2 aromatic rings.